The molecule has 1 heterocycles. The third kappa shape index (κ3) is 7.24. The minimum atomic E-state index is -4.05. The molecule has 3 aromatic carbocycles. The zero-order valence-electron chi connectivity index (χ0n) is 20.5. The first-order valence-electron chi connectivity index (χ1n) is 11.9. The summed E-state index contributed by atoms with van der Waals surface area (Å²) in [5.74, 6) is -0.444. The van der Waals surface area contributed by atoms with E-state index in [1.54, 1.807) is 12.1 Å². The van der Waals surface area contributed by atoms with Crippen LogP contribution >= 0.6 is 23.2 Å². The topological polar surface area (TPSA) is 79.0 Å². The Kier molecular flexibility index (Phi) is 9.10. The Morgan fingerprint density at radius 2 is 1.68 bits per heavy atom. The Hall–Kier alpha value is -2.62. The maximum Gasteiger partial charge on any atom is 0.264 e. The molecular formula is C27H29Cl2N3O4S. The number of carbonyl (C=O) groups excluding carboxylic acids is 1. The Bertz CT molecular complexity index is 1340. The van der Waals surface area contributed by atoms with Gasteiger partial charge in [-0.1, -0.05) is 65.2 Å². The summed E-state index contributed by atoms with van der Waals surface area (Å²) in [5.41, 5.74) is 3.25. The Morgan fingerprint density at radius 3 is 2.38 bits per heavy atom. The maximum atomic E-state index is 13.5. The monoisotopic (exact) mass is 561 g/mol. The standard InChI is InChI=1S/C27H29Cl2N3O4S/c1-20-5-8-24(9-6-20)37(34,35)32(23-7-10-25(28)26(29)16-23)19-27(33)30-17-21-3-2-4-22(15-21)18-31-11-13-36-14-12-31/h2-10,15-16H,11-14,17-19H2,1H3,(H,30,33). The minimum absolute atomic E-state index is 0.0767. The highest BCUT2D eigenvalue weighted by Gasteiger charge is 2.27. The van der Waals surface area contributed by atoms with Gasteiger partial charge in [0, 0.05) is 26.2 Å². The number of nitrogens with one attached hydrogen (secondary N) is 1. The zero-order chi connectivity index (χ0) is 26.4. The first-order chi connectivity index (χ1) is 17.7. The second kappa shape index (κ2) is 12.3. The van der Waals surface area contributed by atoms with Crippen molar-refractivity contribution in [2.24, 2.45) is 0 Å². The molecule has 1 saturated heterocycles. The number of carbonyl (C=O) groups is 1. The lowest BCUT2D eigenvalue weighted by Crippen LogP contribution is -2.40. The summed E-state index contributed by atoms with van der Waals surface area (Å²) < 4.78 is 33.5. The quantitative estimate of drug-likeness (QED) is 0.411. The lowest BCUT2D eigenvalue weighted by molar-refractivity contribution is -0.119. The fraction of sp³-hybridized carbons (Fsp3) is 0.296. The molecule has 4 rings (SSSR count). The largest absolute Gasteiger partial charge is 0.379 e. The number of morpholine rings is 1. The number of aryl methyl sites for hydroxylation is 1. The van der Waals surface area contributed by atoms with Crippen molar-refractivity contribution in [2.75, 3.05) is 37.2 Å². The number of rotatable bonds is 9. The molecular weight excluding hydrogens is 533 g/mol. The van der Waals surface area contributed by atoms with Gasteiger partial charge in [-0.2, -0.15) is 0 Å². The van der Waals surface area contributed by atoms with Gasteiger partial charge in [-0.25, -0.2) is 8.42 Å². The average molecular weight is 563 g/mol. The molecule has 1 aliphatic heterocycles. The van der Waals surface area contributed by atoms with Crippen LogP contribution in [-0.2, 0) is 32.6 Å². The van der Waals surface area contributed by atoms with E-state index in [1.165, 1.54) is 30.3 Å². The second-order valence-corrected chi connectivity index (χ2v) is 11.6. The van der Waals surface area contributed by atoms with E-state index >= 15 is 0 Å². The lowest BCUT2D eigenvalue weighted by Gasteiger charge is -2.26. The van der Waals surface area contributed by atoms with Crippen LogP contribution in [0.3, 0.4) is 0 Å². The van der Waals surface area contributed by atoms with E-state index in [1.807, 2.05) is 19.1 Å². The Balaban J connectivity index is 1.49. The van der Waals surface area contributed by atoms with Gasteiger partial charge < -0.3 is 10.1 Å². The van der Waals surface area contributed by atoms with Crippen molar-refractivity contribution in [2.45, 2.75) is 24.9 Å². The zero-order valence-corrected chi connectivity index (χ0v) is 22.8. The second-order valence-electron chi connectivity index (χ2n) is 8.91. The number of hydrogen-bond acceptors (Lipinski definition) is 5. The number of hydrogen-bond donors (Lipinski definition) is 1. The van der Waals surface area contributed by atoms with Crippen LogP contribution < -0.4 is 9.62 Å². The van der Waals surface area contributed by atoms with Gasteiger partial charge in [0.05, 0.1) is 33.8 Å². The van der Waals surface area contributed by atoms with Gasteiger partial charge in [-0.15, -0.1) is 0 Å². The van der Waals surface area contributed by atoms with E-state index < -0.39 is 22.5 Å². The molecule has 1 fully saturated rings. The normalized spacial score (nSPS) is 14.4. The van der Waals surface area contributed by atoms with E-state index in [0.29, 0.717) is 5.02 Å². The molecule has 0 radical (unpaired) electrons. The van der Waals surface area contributed by atoms with E-state index in [4.69, 9.17) is 27.9 Å². The molecule has 37 heavy (non-hydrogen) atoms. The summed E-state index contributed by atoms with van der Waals surface area (Å²) in [6, 6.07) is 18.9. The molecule has 0 unspecified atom stereocenters. The Morgan fingerprint density at radius 1 is 0.973 bits per heavy atom. The molecule has 0 atom stereocenters. The summed E-state index contributed by atoms with van der Waals surface area (Å²) in [6.45, 7) is 5.79. The number of sulfonamides is 1. The first kappa shape index (κ1) is 27.4. The van der Waals surface area contributed by atoms with Crippen LogP contribution in [0.5, 0.6) is 0 Å². The third-order valence-corrected chi connectivity index (χ3v) is 8.61. The Labute approximate surface area is 228 Å². The molecule has 0 spiro atoms. The van der Waals surface area contributed by atoms with Crippen LogP contribution in [0.4, 0.5) is 5.69 Å². The van der Waals surface area contributed by atoms with Gasteiger partial charge >= 0.3 is 0 Å². The van der Waals surface area contributed by atoms with Gasteiger partial charge in [-0.3, -0.25) is 14.0 Å². The van der Waals surface area contributed by atoms with Crippen molar-refractivity contribution in [3.63, 3.8) is 0 Å². The highest BCUT2D eigenvalue weighted by Crippen LogP contribution is 2.30. The van der Waals surface area contributed by atoms with Gasteiger partial charge in [0.1, 0.15) is 6.54 Å². The highest BCUT2D eigenvalue weighted by atomic mass is 35.5. The van der Waals surface area contributed by atoms with Crippen LogP contribution in [-0.4, -0.2) is 52.1 Å². The maximum absolute atomic E-state index is 13.5. The summed E-state index contributed by atoms with van der Waals surface area (Å²) in [6.07, 6.45) is 0. The predicted molar refractivity (Wildman–Crippen MR) is 147 cm³/mol. The molecule has 7 nitrogen and oxygen atoms in total. The van der Waals surface area contributed by atoms with Crippen molar-refractivity contribution in [3.8, 4) is 0 Å². The van der Waals surface area contributed by atoms with Crippen molar-refractivity contribution in [1.29, 1.82) is 0 Å². The molecule has 1 aliphatic rings. The molecule has 3 aromatic rings. The van der Waals surface area contributed by atoms with E-state index in [9.17, 15) is 13.2 Å². The SMILES string of the molecule is Cc1ccc(S(=O)(=O)N(CC(=O)NCc2cccc(CN3CCOCC3)c2)c2ccc(Cl)c(Cl)c2)cc1. The molecule has 0 aromatic heterocycles. The van der Waals surface area contributed by atoms with E-state index in [0.717, 1.165) is 53.8 Å². The van der Waals surface area contributed by atoms with Gasteiger partial charge in [-0.05, 0) is 48.4 Å². The molecule has 10 heteroatoms. The number of benzene rings is 3. The van der Waals surface area contributed by atoms with E-state index in [-0.39, 0.29) is 22.2 Å². The number of ether oxygens (including phenoxy) is 1. The van der Waals surface area contributed by atoms with E-state index in [2.05, 4.69) is 22.3 Å². The molecule has 0 bridgehead atoms. The van der Waals surface area contributed by atoms with Crippen molar-refractivity contribution < 1.29 is 17.9 Å². The molecule has 0 saturated carbocycles. The van der Waals surface area contributed by atoms with Crippen LogP contribution in [0.25, 0.3) is 0 Å². The number of halogens is 2. The van der Waals surface area contributed by atoms with Crippen molar-refractivity contribution in [1.82, 2.24) is 10.2 Å². The average Bonchev–Trinajstić information content (AvgIpc) is 2.89. The number of nitrogens with zero attached hydrogens (tertiary/aromatic N) is 2. The van der Waals surface area contributed by atoms with Gasteiger partial charge in [0.15, 0.2) is 0 Å². The first-order valence-corrected chi connectivity index (χ1v) is 14.1. The fourth-order valence-corrected chi connectivity index (χ4v) is 5.74. The van der Waals surface area contributed by atoms with Crippen LogP contribution in [0, 0.1) is 6.92 Å². The van der Waals surface area contributed by atoms with Crippen LogP contribution in [0.15, 0.2) is 71.6 Å². The summed E-state index contributed by atoms with van der Waals surface area (Å²) >= 11 is 12.2. The summed E-state index contributed by atoms with van der Waals surface area (Å²) in [5, 5.41) is 3.34. The van der Waals surface area contributed by atoms with Crippen LogP contribution in [0.1, 0.15) is 16.7 Å². The minimum Gasteiger partial charge on any atom is -0.379 e. The highest BCUT2D eigenvalue weighted by molar-refractivity contribution is 7.92. The third-order valence-electron chi connectivity index (χ3n) is 6.08. The molecule has 1 amide bonds. The predicted octanol–water partition coefficient (Wildman–Crippen LogP) is 4.65. The van der Waals surface area contributed by atoms with Gasteiger partial charge in [0.25, 0.3) is 10.0 Å². The van der Waals surface area contributed by atoms with Crippen molar-refractivity contribution >= 4 is 44.8 Å². The summed E-state index contributed by atoms with van der Waals surface area (Å²) in [4.78, 5) is 15.4. The molecule has 0 aliphatic carbocycles. The van der Waals surface area contributed by atoms with Crippen molar-refractivity contribution in [3.05, 3.63) is 93.5 Å². The van der Waals surface area contributed by atoms with Gasteiger partial charge in [0.2, 0.25) is 5.91 Å². The number of anilines is 1. The number of amides is 1. The molecule has 196 valence electrons. The lowest BCUT2D eigenvalue weighted by atomic mass is 10.1. The van der Waals surface area contributed by atoms with Crippen LogP contribution in [0.2, 0.25) is 10.0 Å². The smallest absolute Gasteiger partial charge is 0.264 e. The summed E-state index contributed by atoms with van der Waals surface area (Å²) in [7, 11) is -4.05. The fourth-order valence-electron chi connectivity index (χ4n) is 4.04. The molecule has 1 N–H and O–H groups in total.